The zero-order chi connectivity index (χ0) is 21.4. The zero-order valence-corrected chi connectivity index (χ0v) is 17.2. The van der Waals surface area contributed by atoms with E-state index in [4.69, 9.17) is 0 Å². The molecule has 3 nitrogen and oxygen atoms in total. The normalized spacial score (nSPS) is 16.5. The van der Waals surface area contributed by atoms with Gasteiger partial charge in [0.05, 0.1) is 5.56 Å². The van der Waals surface area contributed by atoms with Gasteiger partial charge in [-0.2, -0.15) is 13.2 Å². The number of alkyl halides is 3. The fourth-order valence-corrected chi connectivity index (χ4v) is 4.07. The number of allylic oxidation sites excluding steroid dienone is 4. The van der Waals surface area contributed by atoms with Gasteiger partial charge < -0.3 is 0 Å². The second-order valence-corrected chi connectivity index (χ2v) is 9.25. The van der Waals surface area contributed by atoms with E-state index >= 15 is 0 Å². The van der Waals surface area contributed by atoms with Crippen LogP contribution in [0, 0.1) is 5.41 Å². The lowest BCUT2D eigenvalue weighted by Crippen LogP contribution is -2.09. The van der Waals surface area contributed by atoms with Crippen molar-refractivity contribution in [1.82, 2.24) is 4.98 Å². The number of pyridine rings is 1. The molecular formula is C22H22F3NO2S. The lowest BCUT2D eigenvalue weighted by atomic mass is 9.84. The van der Waals surface area contributed by atoms with Crippen LogP contribution < -0.4 is 0 Å². The molecule has 0 unspecified atom stereocenters. The second-order valence-electron chi connectivity index (χ2n) is 7.29. The third-order valence-electron chi connectivity index (χ3n) is 5.42. The van der Waals surface area contributed by atoms with Crippen LogP contribution in [0.5, 0.6) is 0 Å². The molecule has 0 amide bonds. The number of aromatic nitrogens is 1. The van der Waals surface area contributed by atoms with E-state index in [9.17, 15) is 21.6 Å². The van der Waals surface area contributed by atoms with Gasteiger partial charge in [0.25, 0.3) is 0 Å². The smallest absolute Gasteiger partial charge is 0.244 e. The summed E-state index contributed by atoms with van der Waals surface area (Å²) in [7, 11) is -3.41. The first-order valence-corrected chi connectivity index (χ1v) is 11.2. The number of halogens is 3. The standard InChI is InChI=1S/C22H22F3NO2S/c1-4-21(5-2)12-18(15-6-9-17(10-7-15)22(23,24)25)19(13-21)16-8-11-20(26-14-16)29(3,27)28/h6-14H,4-5H2,1-3H3. The molecular weight excluding hydrogens is 399 g/mol. The Labute approximate surface area is 168 Å². The van der Waals surface area contributed by atoms with E-state index in [0.29, 0.717) is 5.56 Å². The Bertz CT molecular complexity index is 1060. The Morgan fingerprint density at radius 3 is 1.83 bits per heavy atom. The second kappa shape index (κ2) is 7.44. The van der Waals surface area contributed by atoms with Crippen LogP contribution in [-0.2, 0) is 16.0 Å². The minimum atomic E-state index is -4.39. The highest BCUT2D eigenvalue weighted by Gasteiger charge is 2.32. The van der Waals surface area contributed by atoms with E-state index in [1.807, 2.05) is 0 Å². The predicted octanol–water partition coefficient (Wildman–Crippen LogP) is 5.79. The summed E-state index contributed by atoms with van der Waals surface area (Å²) in [4.78, 5) is 4.06. The van der Waals surface area contributed by atoms with Crippen LogP contribution >= 0.6 is 0 Å². The van der Waals surface area contributed by atoms with Crippen molar-refractivity contribution in [2.45, 2.75) is 37.9 Å². The van der Waals surface area contributed by atoms with Crippen LogP contribution in [0.3, 0.4) is 0 Å². The topological polar surface area (TPSA) is 47.0 Å². The van der Waals surface area contributed by atoms with Crippen LogP contribution in [0.1, 0.15) is 43.4 Å². The molecule has 3 rings (SSSR count). The third-order valence-corrected chi connectivity index (χ3v) is 6.42. The molecule has 0 saturated heterocycles. The summed E-state index contributed by atoms with van der Waals surface area (Å²) < 4.78 is 62.1. The van der Waals surface area contributed by atoms with Crippen molar-refractivity contribution in [3.63, 3.8) is 0 Å². The Balaban J connectivity index is 2.08. The maximum Gasteiger partial charge on any atom is 0.416 e. The Kier molecular flexibility index (Phi) is 5.47. The SMILES string of the molecule is CCC1(CC)C=C(c2ccc(C(F)(F)F)cc2)C(c2ccc(S(C)(=O)=O)nc2)=C1. The average molecular weight is 421 g/mol. The molecule has 1 aliphatic rings. The minimum absolute atomic E-state index is 0.0165. The lowest BCUT2D eigenvalue weighted by Gasteiger charge is -2.20. The maximum absolute atomic E-state index is 12.9. The van der Waals surface area contributed by atoms with E-state index in [0.717, 1.165) is 47.9 Å². The lowest BCUT2D eigenvalue weighted by molar-refractivity contribution is -0.137. The summed E-state index contributed by atoms with van der Waals surface area (Å²) in [6.45, 7) is 4.13. The highest BCUT2D eigenvalue weighted by Crippen LogP contribution is 2.47. The summed E-state index contributed by atoms with van der Waals surface area (Å²) in [5.74, 6) is 0. The monoisotopic (exact) mass is 421 g/mol. The van der Waals surface area contributed by atoms with E-state index < -0.39 is 21.6 Å². The number of hydrogen-bond acceptors (Lipinski definition) is 3. The van der Waals surface area contributed by atoms with Gasteiger partial charge in [-0.05, 0) is 53.8 Å². The summed E-state index contributed by atoms with van der Waals surface area (Å²) in [6.07, 6.45) is 4.09. The molecule has 1 aliphatic carbocycles. The molecule has 0 atom stereocenters. The molecule has 7 heteroatoms. The van der Waals surface area contributed by atoms with Crippen LogP contribution in [0.2, 0.25) is 0 Å². The van der Waals surface area contributed by atoms with Gasteiger partial charge in [0, 0.05) is 23.4 Å². The van der Waals surface area contributed by atoms with Crippen LogP contribution in [0.15, 0.2) is 59.8 Å². The predicted molar refractivity (Wildman–Crippen MR) is 108 cm³/mol. The summed E-state index contributed by atoms with van der Waals surface area (Å²) in [5, 5.41) is -0.0165. The molecule has 154 valence electrons. The van der Waals surface area contributed by atoms with Gasteiger partial charge in [0.2, 0.25) is 0 Å². The fraction of sp³-hybridized carbons (Fsp3) is 0.318. The van der Waals surface area contributed by atoms with Gasteiger partial charge in [-0.25, -0.2) is 13.4 Å². The van der Waals surface area contributed by atoms with Crippen molar-refractivity contribution in [3.05, 3.63) is 71.4 Å². The van der Waals surface area contributed by atoms with Crippen molar-refractivity contribution < 1.29 is 21.6 Å². The van der Waals surface area contributed by atoms with Gasteiger partial charge in [0.1, 0.15) is 0 Å². The van der Waals surface area contributed by atoms with E-state index in [2.05, 4.69) is 31.0 Å². The molecule has 0 spiro atoms. The van der Waals surface area contributed by atoms with Gasteiger partial charge in [-0.1, -0.05) is 38.1 Å². The van der Waals surface area contributed by atoms with Crippen molar-refractivity contribution in [2.24, 2.45) is 5.41 Å². The summed E-state index contributed by atoms with van der Waals surface area (Å²) in [6, 6.07) is 8.25. The van der Waals surface area contributed by atoms with Gasteiger partial charge in [-0.3, -0.25) is 0 Å². The average Bonchev–Trinajstić information content (AvgIpc) is 3.07. The molecule has 1 heterocycles. The van der Waals surface area contributed by atoms with Crippen molar-refractivity contribution >= 4 is 21.0 Å². The van der Waals surface area contributed by atoms with Gasteiger partial charge in [-0.15, -0.1) is 0 Å². The molecule has 0 aliphatic heterocycles. The highest BCUT2D eigenvalue weighted by atomic mass is 32.2. The first kappa shape index (κ1) is 21.3. The molecule has 0 N–H and O–H groups in total. The Morgan fingerprint density at radius 2 is 1.41 bits per heavy atom. The maximum atomic E-state index is 12.9. The van der Waals surface area contributed by atoms with Crippen molar-refractivity contribution in [3.8, 4) is 0 Å². The highest BCUT2D eigenvalue weighted by molar-refractivity contribution is 7.90. The number of sulfone groups is 1. The molecule has 1 aromatic carbocycles. The quantitative estimate of drug-likeness (QED) is 0.614. The molecule has 1 aromatic heterocycles. The third kappa shape index (κ3) is 4.29. The number of benzene rings is 1. The zero-order valence-electron chi connectivity index (χ0n) is 16.4. The van der Waals surface area contributed by atoms with Crippen molar-refractivity contribution in [2.75, 3.05) is 6.26 Å². The molecule has 0 saturated carbocycles. The molecule has 0 bridgehead atoms. The minimum Gasteiger partial charge on any atom is -0.244 e. The molecule has 0 fully saturated rings. The number of hydrogen-bond donors (Lipinski definition) is 0. The van der Waals surface area contributed by atoms with E-state index in [1.54, 1.807) is 6.07 Å². The largest absolute Gasteiger partial charge is 0.416 e. The van der Waals surface area contributed by atoms with E-state index in [1.165, 1.54) is 24.4 Å². The first-order chi connectivity index (χ1) is 13.5. The number of rotatable bonds is 5. The Hall–Kier alpha value is -2.41. The van der Waals surface area contributed by atoms with E-state index in [-0.39, 0.29) is 10.4 Å². The van der Waals surface area contributed by atoms with Gasteiger partial charge in [0.15, 0.2) is 14.9 Å². The van der Waals surface area contributed by atoms with Gasteiger partial charge >= 0.3 is 6.18 Å². The Morgan fingerprint density at radius 1 is 0.897 bits per heavy atom. The van der Waals surface area contributed by atoms with Crippen LogP contribution in [-0.4, -0.2) is 19.7 Å². The summed E-state index contributed by atoms with van der Waals surface area (Å²) >= 11 is 0. The summed E-state index contributed by atoms with van der Waals surface area (Å²) in [5.41, 5.74) is 2.19. The number of nitrogens with zero attached hydrogens (tertiary/aromatic N) is 1. The molecule has 29 heavy (non-hydrogen) atoms. The molecule has 2 aromatic rings. The van der Waals surface area contributed by atoms with Crippen LogP contribution in [0.4, 0.5) is 13.2 Å². The van der Waals surface area contributed by atoms with Crippen LogP contribution in [0.25, 0.3) is 11.1 Å². The van der Waals surface area contributed by atoms with Crippen molar-refractivity contribution in [1.29, 1.82) is 0 Å². The first-order valence-electron chi connectivity index (χ1n) is 9.29. The molecule has 0 radical (unpaired) electrons. The fourth-order valence-electron chi connectivity index (χ4n) is 3.51.